The number of ketones is 2. The molecule has 2 aromatic heterocycles. The number of pyridine rings is 2. The SMILES string of the molecule is O=C1/C(=C(/S)Nc2ccc(/C=C/c3ccc(N/C(S)=C4/C=Cc5cccnc5C4=O)cc3S(=O)(=O)O)c(S(=O)(=O)O)c2)C=Cc2cccnc21.[Na]. The molecule has 4 aromatic rings. The number of Topliss-reactive ketones (excluding diaryl/α,β-unsaturated/α-hetero) is 2. The zero-order valence-corrected chi connectivity index (χ0v) is 31.8. The fourth-order valence-electron chi connectivity index (χ4n) is 5.14. The molecule has 0 atom stereocenters. The van der Waals surface area contributed by atoms with Gasteiger partial charge in [0, 0.05) is 64.5 Å². The summed E-state index contributed by atoms with van der Waals surface area (Å²) in [6, 6.07) is 14.7. The minimum absolute atomic E-state index is 0. The number of carbonyl (C=O) groups excluding carboxylic acids is 2. The van der Waals surface area contributed by atoms with Crippen molar-refractivity contribution in [3.8, 4) is 0 Å². The maximum Gasteiger partial charge on any atom is 0.295 e. The molecule has 2 aliphatic rings. The fraction of sp³-hybridized carbons (Fsp3) is 0. The van der Waals surface area contributed by atoms with Crippen molar-refractivity contribution in [2.24, 2.45) is 0 Å². The van der Waals surface area contributed by atoms with E-state index in [4.69, 9.17) is 0 Å². The Labute approximate surface area is 325 Å². The van der Waals surface area contributed by atoms with Gasteiger partial charge in [-0.3, -0.25) is 28.7 Å². The summed E-state index contributed by atoms with van der Waals surface area (Å²) in [7, 11) is -9.63. The number of hydrogen-bond acceptors (Lipinski definition) is 12. The molecule has 51 heavy (non-hydrogen) atoms. The molecule has 0 bridgehead atoms. The topological polar surface area (TPSA) is 193 Å². The predicted molar refractivity (Wildman–Crippen MR) is 202 cm³/mol. The summed E-state index contributed by atoms with van der Waals surface area (Å²) in [5.41, 5.74) is 2.36. The number of nitrogens with one attached hydrogen (secondary N) is 2. The molecule has 2 aliphatic carbocycles. The van der Waals surface area contributed by atoms with Crippen LogP contribution in [0, 0.1) is 0 Å². The van der Waals surface area contributed by atoms with Gasteiger partial charge in [-0.25, -0.2) is 0 Å². The van der Waals surface area contributed by atoms with E-state index in [9.17, 15) is 35.5 Å². The summed E-state index contributed by atoms with van der Waals surface area (Å²) < 4.78 is 69.6. The second-order valence-electron chi connectivity index (χ2n) is 10.8. The van der Waals surface area contributed by atoms with Gasteiger partial charge in [0.25, 0.3) is 20.2 Å². The number of anilines is 2. The zero-order valence-electron chi connectivity index (χ0n) is 26.3. The molecule has 0 amide bonds. The third-order valence-electron chi connectivity index (χ3n) is 7.52. The Bertz CT molecular complexity index is 2340. The van der Waals surface area contributed by atoms with Crippen LogP contribution in [-0.4, -0.2) is 77.0 Å². The van der Waals surface area contributed by atoms with Crippen LogP contribution in [0.15, 0.2) is 116 Å². The molecule has 0 saturated heterocycles. The van der Waals surface area contributed by atoms with Crippen LogP contribution in [0.3, 0.4) is 0 Å². The Hall–Kier alpha value is -4.10. The number of rotatable bonds is 8. The Morgan fingerprint density at radius 1 is 0.627 bits per heavy atom. The Morgan fingerprint density at radius 2 is 1.02 bits per heavy atom. The first-order chi connectivity index (χ1) is 23.7. The first kappa shape index (κ1) is 38.1. The van der Waals surface area contributed by atoms with Gasteiger partial charge < -0.3 is 10.6 Å². The van der Waals surface area contributed by atoms with Gasteiger partial charge in [0.2, 0.25) is 11.6 Å². The molecule has 6 rings (SSSR count). The van der Waals surface area contributed by atoms with Gasteiger partial charge in [0.1, 0.15) is 21.2 Å². The van der Waals surface area contributed by atoms with Crippen molar-refractivity contribution in [1.82, 2.24) is 9.97 Å². The van der Waals surface area contributed by atoms with Crippen molar-refractivity contribution in [2.75, 3.05) is 10.6 Å². The van der Waals surface area contributed by atoms with E-state index < -0.39 is 41.6 Å². The van der Waals surface area contributed by atoms with Crippen LogP contribution in [0.2, 0.25) is 0 Å². The number of thiol groups is 2. The average molecular weight is 768 g/mol. The molecule has 4 N–H and O–H groups in total. The Balaban J connectivity index is 0.00000504. The zero-order chi connectivity index (χ0) is 35.8. The second-order valence-corrected chi connectivity index (χ2v) is 14.4. The van der Waals surface area contributed by atoms with E-state index in [1.165, 1.54) is 48.8 Å². The molecular weight excluding hydrogens is 744 g/mol. The van der Waals surface area contributed by atoms with E-state index in [0.717, 1.165) is 12.1 Å². The number of fused-ring (bicyclic) bond motifs is 2. The first-order valence-corrected chi connectivity index (χ1v) is 18.2. The van der Waals surface area contributed by atoms with Crippen LogP contribution < -0.4 is 10.6 Å². The van der Waals surface area contributed by atoms with Gasteiger partial charge in [0.15, 0.2) is 0 Å². The molecule has 17 heteroatoms. The van der Waals surface area contributed by atoms with E-state index in [-0.39, 0.29) is 84.7 Å². The van der Waals surface area contributed by atoms with Crippen molar-refractivity contribution in [3.63, 3.8) is 0 Å². The van der Waals surface area contributed by atoms with E-state index >= 15 is 0 Å². The summed E-state index contributed by atoms with van der Waals surface area (Å²) in [4.78, 5) is 33.1. The van der Waals surface area contributed by atoms with E-state index in [2.05, 4.69) is 45.9 Å². The van der Waals surface area contributed by atoms with Gasteiger partial charge in [-0.05, 0) is 59.7 Å². The Morgan fingerprint density at radius 3 is 1.39 bits per heavy atom. The van der Waals surface area contributed by atoms with Crippen LogP contribution in [-0.2, 0) is 20.2 Å². The number of benzene rings is 2. The number of hydrogen-bond donors (Lipinski definition) is 6. The maximum atomic E-state index is 13.0. The van der Waals surface area contributed by atoms with Gasteiger partial charge in [-0.2, -0.15) is 16.8 Å². The first-order valence-electron chi connectivity index (χ1n) is 14.4. The largest absolute Gasteiger partial charge is 0.350 e. The second kappa shape index (κ2) is 15.2. The average Bonchev–Trinajstić information content (AvgIpc) is 3.07. The van der Waals surface area contributed by atoms with Crippen molar-refractivity contribution < 1.29 is 35.5 Å². The Kier molecular flexibility index (Phi) is 11.4. The monoisotopic (exact) mass is 767 g/mol. The van der Waals surface area contributed by atoms with Crippen LogP contribution in [0.1, 0.15) is 43.2 Å². The van der Waals surface area contributed by atoms with Crippen LogP contribution in [0.5, 0.6) is 0 Å². The van der Waals surface area contributed by atoms with Gasteiger partial charge in [0.05, 0.1) is 21.2 Å². The van der Waals surface area contributed by atoms with E-state index in [1.54, 1.807) is 48.6 Å². The van der Waals surface area contributed by atoms with Crippen molar-refractivity contribution >= 4 is 122 Å². The molecule has 0 fully saturated rings. The van der Waals surface area contributed by atoms with Crippen molar-refractivity contribution in [1.29, 1.82) is 0 Å². The van der Waals surface area contributed by atoms with Crippen LogP contribution >= 0.6 is 25.3 Å². The van der Waals surface area contributed by atoms with Crippen molar-refractivity contribution in [2.45, 2.75) is 9.79 Å². The number of nitrogens with zero attached hydrogens (tertiary/aromatic N) is 2. The molecule has 2 aromatic carbocycles. The fourth-order valence-corrected chi connectivity index (χ4v) is 7.17. The third-order valence-corrected chi connectivity index (χ3v) is 10.0. The molecule has 2 heterocycles. The summed E-state index contributed by atoms with van der Waals surface area (Å²) in [5, 5.41) is 5.91. The van der Waals surface area contributed by atoms with Gasteiger partial charge >= 0.3 is 0 Å². The molecule has 0 unspecified atom stereocenters. The van der Waals surface area contributed by atoms with Crippen molar-refractivity contribution in [3.05, 3.63) is 140 Å². The minimum atomic E-state index is -4.82. The van der Waals surface area contributed by atoms with Gasteiger partial charge in [-0.1, -0.05) is 48.6 Å². The molecule has 0 aliphatic heterocycles. The van der Waals surface area contributed by atoms with Crippen LogP contribution in [0.4, 0.5) is 11.4 Å². The number of aromatic nitrogens is 2. The smallest absolute Gasteiger partial charge is 0.295 e. The predicted octanol–water partition coefficient (Wildman–Crippen LogP) is 5.69. The molecule has 1 radical (unpaired) electrons. The minimum Gasteiger partial charge on any atom is -0.350 e. The maximum absolute atomic E-state index is 13.0. The normalized spacial score (nSPS) is 15.9. The molecule has 253 valence electrons. The number of carbonyl (C=O) groups is 2. The van der Waals surface area contributed by atoms with Crippen LogP contribution in [0.25, 0.3) is 24.3 Å². The molecular formula is C34H24N4NaO8S4. The van der Waals surface area contributed by atoms with E-state index in [1.807, 2.05) is 0 Å². The summed E-state index contributed by atoms with van der Waals surface area (Å²) >= 11 is 8.79. The molecule has 12 nitrogen and oxygen atoms in total. The summed E-state index contributed by atoms with van der Waals surface area (Å²) in [5.74, 6) is -0.786. The third kappa shape index (κ3) is 8.35. The van der Waals surface area contributed by atoms with Gasteiger partial charge in [-0.15, -0.1) is 25.3 Å². The quantitative estimate of drug-likeness (QED) is 0.0423. The standard InChI is InChI=1S/C34H24N4O8S4.Na/c39-31-25(13-9-21-3-1-15-35-29(21)31)33(47)37-23-11-7-19(27(17-23)49(41,42)43)5-6-20-8-12-24(18-28(20)50(44,45)46)38-34(48)26-14-10-22-4-2-16-36-30(22)32(26)40;/h1-18,37-38,47-48H,(H,41,42,43)(H,44,45,46);/b6-5+,33-25+,34-26+;. The summed E-state index contributed by atoms with van der Waals surface area (Å²) in [6.45, 7) is 0. The summed E-state index contributed by atoms with van der Waals surface area (Å²) in [6.07, 6.45) is 11.9. The molecule has 0 saturated carbocycles. The number of allylic oxidation sites excluding steroid dienone is 4. The molecule has 0 spiro atoms. The van der Waals surface area contributed by atoms with E-state index in [0.29, 0.717) is 11.1 Å².